The molecule has 0 saturated carbocycles. The number of rotatable bonds is 5. The molecule has 1 heterocycles. The smallest absolute Gasteiger partial charge is 0.252 e. The second-order valence-electron chi connectivity index (χ2n) is 5.01. The number of amides is 1. The van der Waals surface area contributed by atoms with Gasteiger partial charge in [0.2, 0.25) is 0 Å². The van der Waals surface area contributed by atoms with Crippen molar-refractivity contribution in [3.8, 4) is 0 Å². The van der Waals surface area contributed by atoms with Gasteiger partial charge in [0.1, 0.15) is 0 Å². The van der Waals surface area contributed by atoms with Crippen molar-refractivity contribution >= 4 is 21.8 Å². The summed E-state index contributed by atoms with van der Waals surface area (Å²) in [6, 6.07) is 5.68. The third-order valence-electron chi connectivity index (χ3n) is 3.46. The Kier molecular flexibility index (Phi) is 6.01. The van der Waals surface area contributed by atoms with Crippen molar-refractivity contribution in [1.29, 1.82) is 0 Å². The Morgan fingerprint density at radius 2 is 2.20 bits per heavy atom. The molecule has 0 aromatic heterocycles. The van der Waals surface area contributed by atoms with Gasteiger partial charge in [-0.1, -0.05) is 12.1 Å². The molecule has 0 aliphatic carbocycles. The highest BCUT2D eigenvalue weighted by atomic mass is 79.9. The third kappa shape index (κ3) is 4.30. The van der Waals surface area contributed by atoms with Crippen LogP contribution in [0.2, 0.25) is 0 Å². The topological polar surface area (TPSA) is 50.4 Å². The van der Waals surface area contributed by atoms with Crippen LogP contribution < -0.4 is 10.6 Å². The number of piperidine rings is 1. The molecule has 1 aliphatic heterocycles. The highest BCUT2D eigenvalue weighted by Crippen LogP contribution is 2.20. The molecule has 0 spiro atoms. The summed E-state index contributed by atoms with van der Waals surface area (Å²) in [5.74, 6) is -0.0607. The van der Waals surface area contributed by atoms with Crippen molar-refractivity contribution in [2.24, 2.45) is 0 Å². The van der Waals surface area contributed by atoms with E-state index in [1.165, 1.54) is 0 Å². The van der Waals surface area contributed by atoms with Crippen LogP contribution in [0.15, 0.2) is 22.7 Å². The van der Waals surface area contributed by atoms with E-state index in [1.54, 1.807) is 0 Å². The lowest BCUT2D eigenvalue weighted by Gasteiger charge is -2.23. The van der Waals surface area contributed by atoms with Crippen LogP contribution in [0.3, 0.4) is 0 Å². The molecule has 0 bridgehead atoms. The van der Waals surface area contributed by atoms with Crippen molar-refractivity contribution < 1.29 is 9.53 Å². The lowest BCUT2D eigenvalue weighted by molar-refractivity contribution is 0.0343. The van der Waals surface area contributed by atoms with Gasteiger partial charge in [-0.2, -0.15) is 0 Å². The molecule has 110 valence electrons. The molecule has 1 fully saturated rings. The number of halogens is 1. The molecule has 1 aromatic rings. The first-order valence-electron chi connectivity index (χ1n) is 7.04. The maximum absolute atomic E-state index is 12.1. The van der Waals surface area contributed by atoms with E-state index in [2.05, 4.69) is 26.6 Å². The van der Waals surface area contributed by atoms with Crippen molar-refractivity contribution in [3.63, 3.8) is 0 Å². The van der Waals surface area contributed by atoms with Crippen LogP contribution in [0.1, 0.15) is 28.8 Å². The molecule has 5 heteroatoms. The normalized spacial score (nSPS) is 16.1. The summed E-state index contributed by atoms with van der Waals surface area (Å²) in [6.45, 7) is 5.13. The van der Waals surface area contributed by atoms with Gasteiger partial charge < -0.3 is 15.4 Å². The van der Waals surface area contributed by atoms with E-state index >= 15 is 0 Å². The summed E-state index contributed by atoms with van der Waals surface area (Å²) in [4.78, 5) is 12.1. The summed E-state index contributed by atoms with van der Waals surface area (Å²) < 4.78 is 6.61. The molecule has 0 radical (unpaired) electrons. The van der Waals surface area contributed by atoms with Crippen molar-refractivity contribution in [3.05, 3.63) is 33.8 Å². The predicted molar refractivity (Wildman–Crippen MR) is 83.1 cm³/mol. The Bertz CT molecular complexity index is 459. The fraction of sp³-hybridized carbons (Fsp3) is 0.533. The molecule has 1 aliphatic rings. The number of carbonyl (C=O) groups is 1. The van der Waals surface area contributed by atoms with Gasteiger partial charge in [-0.05, 0) is 60.4 Å². The summed E-state index contributed by atoms with van der Waals surface area (Å²) in [5.41, 5.74) is 1.73. The first-order valence-corrected chi connectivity index (χ1v) is 7.83. The second kappa shape index (κ2) is 7.76. The zero-order valence-electron chi connectivity index (χ0n) is 11.7. The van der Waals surface area contributed by atoms with Crippen LogP contribution in [0, 0.1) is 6.92 Å². The van der Waals surface area contributed by atoms with Crippen LogP contribution in [-0.2, 0) is 4.74 Å². The fourth-order valence-corrected chi connectivity index (χ4v) is 2.71. The Morgan fingerprint density at radius 3 is 2.95 bits per heavy atom. The van der Waals surface area contributed by atoms with Crippen LogP contribution >= 0.6 is 15.9 Å². The number of aryl methyl sites for hydroxylation is 1. The predicted octanol–water partition coefficient (Wildman–Crippen LogP) is 2.26. The highest BCUT2D eigenvalue weighted by molar-refractivity contribution is 9.10. The molecule has 1 saturated heterocycles. The Morgan fingerprint density at radius 1 is 1.45 bits per heavy atom. The number of hydrogen-bond donors (Lipinski definition) is 2. The summed E-state index contributed by atoms with van der Waals surface area (Å²) in [6.07, 6.45) is 2.44. The maximum Gasteiger partial charge on any atom is 0.252 e. The molecular weight excluding hydrogens is 320 g/mol. The summed E-state index contributed by atoms with van der Waals surface area (Å²) in [5, 5.41) is 6.20. The maximum atomic E-state index is 12.1. The van der Waals surface area contributed by atoms with Crippen LogP contribution in [0.25, 0.3) is 0 Å². The largest absolute Gasteiger partial charge is 0.376 e. The summed E-state index contributed by atoms with van der Waals surface area (Å²) in [7, 11) is 0. The first-order chi connectivity index (χ1) is 9.68. The quantitative estimate of drug-likeness (QED) is 0.808. The Labute approximate surface area is 128 Å². The van der Waals surface area contributed by atoms with E-state index in [0.29, 0.717) is 24.8 Å². The zero-order valence-corrected chi connectivity index (χ0v) is 13.3. The Balaban J connectivity index is 1.73. The van der Waals surface area contributed by atoms with E-state index in [9.17, 15) is 4.79 Å². The molecule has 4 nitrogen and oxygen atoms in total. The molecular formula is C15H21BrN2O2. The second-order valence-corrected chi connectivity index (χ2v) is 5.81. The van der Waals surface area contributed by atoms with Crippen LogP contribution in [0.5, 0.6) is 0 Å². The van der Waals surface area contributed by atoms with Crippen molar-refractivity contribution in [2.75, 3.05) is 26.2 Å². The van der Waals surface area contributed by atoms with Gasteiger partial charge in [-0.3, -0.25) is 4.79 Å². The van der Waals surface area contributed by atoms with Gasteiger partial charge in [-0.15, -0.1) is 0 Å². The molecule has 20 heavy (non-hydrogen) atoms. The van der Waals surface area contributed by atoms with E-state index in [4.69, 9.17) is 4.74 Å². The van der Waals surface area contributed by atoms with Crippen LogP contribution in [-0.4, -0.2) is 38.3 Å². The SMILES string of the molecule is Cc1cccc(C(=O)NCCOC2CCNCC2)c1Br. The lowest BCUT2D eigenvalue weighted by atomic mass is 10.1. The first kappa shape index (κ1) is 15.5. The fourth-order valence-electron chi connectivity index (χ4n) is 2.27. The number of nitrogens with one attached hydrogen (secondary N) is 2. The van der Waals surface area contributed by atoms with E-state index in [-0.39, 0.29) is 5.91 Å². The average molecular weight is 341 g/mol. The van der Waals surface area contributed by atoms with E-state index in [1.807, 2.05) is 25.1 Å². The molecule has 0 unspecified atom stereocenters. The van der Waals surface area contributed by atoms with Gasteiger partial charge in [0.05, 0.1) is 18.3 Å². The summed E-state index contributed by atoms with van der Waals surface area (Å²) >= 11 is 3.45. The van der Waals surface area contributed by atoms with Gasteiger partial charge in [0.15, 0.2) is 0 Å². The number of carbonyl (C=O) groups excluding carboxylic acids is 1. The lowest BCUT2D eigenvalue weighted by Crippen LogP contribution is -2.34. The number of hydrogen-bond acceptors (Lipinski definition) is 3. The molecule has 0 atom stereocenters. The number of benzene rings is 1. The van der Waals surface area contributed by atoms with Gasteiger partial charge in [-0.25, -0.2) is 0 Å². The minimum Gasteiger partial charge on any atom is -0.376 e. The van der Waals surface area contributed by atoms with Gasteiger partial charge in [0, 0.05) is 11.0 Å². The van der Waals surface area contributed by atoms with Crippen molar-refractivity contribution in [1.82, 2.24) is 10.6 Å². The van der Waals surface area contributed by atoms with Gasteiger partial charge in [0.25, 0.3) is 5.91 Å². The Hall–Kier alpha value is -0.910. The number of ether oxygens (including phenoxy) is 1. The third-order valence-corrected chi connectivity index (χ3v) is 4.52. The molecule has 2 N–H and O–H groups in total. The minimum atomic E-state index is -0.0607. The van der Waals surface area contributed by atoms with E-state index < -0.39 is 0 Å². The van der Waals surface area contributed by atoms with Crippen molar-refractivity contribution in [2.45, 2.75) is 25.9 Å². The van der Waals surface area contributed by atoms with Gasteiger partial charge >= 0.3 is 0 Å². The zero-order chi connectivity index (χ0) is 14.4. The van der Waals surface area contributed by atoms with E-state index in [0.717, 1.165) is 36.0 Å². The molecule has 1 aromatic carbocycles. The average Bonchev–Trinajstić information content (AvgIpc) is 2.47. The molecule has 1 amide bonds. The monoisotopic (exact) mass is 340 g/mol. The molecule has 2 rings (SSSR count). The van der Waals surface area contributed by atoms with Crippen LogP contribution in [0.4, 0.5) is 0 Å². The minimum absolute atomic E-state index is 0.0607. The highest BCUT2D eigenvalue weighted by Gasteiger charge is 2.14. The standard InChI is InChI=1S/C15H21BrN2O2/c1-11-3-2-4-13(14(11)16)15(19)18-9-10-20-12-5-7-17-8-6-12/h2-4,12,17H,5-10H2,1H3,(H,18,19).